The molecule has 0 saturated carbocycles. The van der Waals surface area contributed by atoms with E-state index in [1.807, 2.05) is 24.7 Å². The summed E-state index contributed by atoms with van der Waals surface area (Å²) in [5.41, 5.74) is 0.704. The lowest BCUT2D eigenvalue weighted by Crippen LogP contribution is -2.21. The summed E-state index contributed by atoms with van der Waals surface area (Å²) in [7, 11) is 1.91. The first-order valence-electron chi connectivity index (χ1n) is 5.72. The summed E-state index contributed by atoms with van der Waals surface area (Å²) in [4.78, 5) is 4.23. The summed E-state index contributed by atoms with van der Waals surface area (Å²) in [6.07, 6.45) is 3.59. The third kappa shape index (κ3) is 2.73. The zero-order valence-corrected chi connectivity index (χ0v) is 10.3. The number of hydrogen-bond donors (Lipinski definition) is 1. The van der Waals surface area contributed by atoms with Crippen LogP contribution in [0.5, 0.6) is 0 Å². The Morgan fingerprint density at radius 3 is 2.72 bits per heavy atom. The molecule has 5 heteroatoms. The van der Waals surface area contributed by atoms with Crippen LogP contribution in [0.2, 0.25) is 0 Å². The lowest BCUT2D eigenvalue weighted by atomic mass is 10.2. The van der Waals surface area contributed by atoms with Crippen LogP contribution in [0.3, 0.4) is 0 Å². The quantitative estimate of drug-likeness (QED) is 0.905. The van der Waals surface area contributed by atoms with Gasteiger partial charge in [0, 0.05) is 26.0 Å². The molecule has 0 aliphatic rings. The lowest BCUT2D eigenvalue weighted by Gasteiger charge is -2.13. The lowest BCUT2D eigenvalue weighted by molar-refractivity contribution is 0.500. The van der Waals surface area contributed by atoms with Crippen LogP contribution < -0.4 is 5.32 Å². The molecule has 0 fully saturated rings. The van der Waals surface area contributed by atoms with Crippen molar-refractivity contribution in [1.29, 1.82) is 0 Å². The largest absolute Gasteiger partial charge is 0.337 e. The SMILES string of the molecule is CC(NCc1ccc(F)c(F)c1)c1nccn1C. The van der Waals surface area contributed by atoms with Gasteiger partial charge in [0.1, 0.15) is 5.82 Å². The van der Waals surface area contributed by atoms with Gasteiger partial charge in [-0.05, 0) is 24.6 Å². The summed E-state index contributed by atoms with van der Waals surface area (Å²) in [6, 6.07) is 3.94. The molecule has 0 bridgehead atoms. The number of nitrogens with one attached hydrogen (secondary N) is 1. The van der Waals surface area contributed by atoms with Gasteiger partial charge >= 0.3 is 0 Å². The number of aryl methyl sites for hydroxylation is 1. The second kappa shape index (κ2) is 5.27. The van der Waals surface area contributed by atoms with Crippen LogP contribution in [-0.4, -0.2) is 9.55 Å². The Labute approximate surface area is 104 Å². The molecule has 1 atom stereocenters. The third-order valence-electron chi connectivity index (χ3n) is 2.84. The summed E-state index contributed by atoms with van der Waals surface area (Å²) in [5, 5.41) is 3.22. The number of halogens is 2. The fraction of sp³-hybridized carbons (Fsp3) is 0.308. The third-order valence-corrected chi connectivity index (χ3v) is 2.84. The van der Waals surface area contributed by atoms with Gasteiger partial charge in [0.25, 0.3) is 0 Å². The second-order valence-electron chi connectivity index (χ2n) is 4.25. The molecule has 0 amide bonds. The van der Waals surface area contributed by atoms with Crippen molar-refractivity contribution in [3.8, 4) is 0 Å². The minimum Gasteiger partial charge on any atom is -0.337 e. The maximum Gasteiger partial charge on any atom is 0.159 e. The molecule has 0 spiro atoms. The molecule has 96 valence electrons. The molecule has 2 aromatic rings. The van der Waals surface area contributed by atoms with Crippen molar-refractivity contribution >= 4 is 0 Å². The molecule has 1 aromatic heterocycles. The molecule has 1 N–H and O–H groups in total. The summed E-state index contributed by atoms with van der Waals surface area (Å²) in [6.45, 7) is 2.44. The average molecular weight is 251 g/mol. The number of rotatable bonds is 4. The number of aromatic nitrogens is 2. The Kier molecular flexibility index (Phi) is 3.72. The van der Waals surface area contributed by atoms with Crippen molar-refractivity contribution in [2.24, 2.45) is 7.05 Å². The van der Waals surface area contributed by atoms with Gasteiger partial charge in [0.2, 0.25) is 0 Å². The van der Waals surface area contributed by atoms with Crippen LogP contribution in [-0.2, 0) is 13.6 Å². The van der Waals surface area contributed by atoms with Crippen molar-refractivity contribution in [1.82, 2.24) is 14.9 Å². The fourth-order valence-corrected chi connectivity index (χ4v) is 1.81. The molecule has 1 heterocycles. The molecule has 1 aromatic carbocycles. The van der Waals surface area contributed by atoms with Gasteiger partial charge in [-0.2, -0.15) is 0 Å². The summed E-state index contributed by atoms with van der Waals surface area (Å²) in [5.74, 6) is -0.743. The zero-order chi connectivity index (χ0) is 13.1. The normalized spacial score (nSPS) is 12.7. The van der Waals surface area contributed by atoms with E-state index in [1.165, 1.54) is 6.07 Å². The van der Waals surface area contributed by atoms with Gasteiger partial charge in [-0.1, -0.05) is 6.07 Å². The average Bonchev–Trinajstić information content (AvgIpc) is 2.77. The molecule has 2 rings (SSSR count). The van der Waals surface area contributed by atoms with E-state index in [-0.39, 0.29) is 6.04 Å². The zero-order valence-electron chi connectivity index (χ0n) is 10.3. The highest BCUT2D eigenvalue weighted by Crippen LogP contribution is 2.12. The van der Waals surface area contributed by atoms with Crippen molar-refractivity contribution in [2.45, 2.75) is 19.5 Å². The number of hydrogen-bond acceptors (Lipinski definition) is 2. The number of imidazole rings is 1. The van der Waals surface area contributed by atoms with Crippen LogP contribution in [0.15, 0.2) is 30.6 Å². The van der Waals surface area contributed by atoms with E-state index in [4.69, 9.17) is 0 Å². The maximum atomic E-state index is 13.0. The Bertz CT molecular complexity index is 537. The van der Waals surface area contributed by atoms with Gasteiger partial charge < -0.3 is 9.88 Å². The fourth-order valence-electron chi connectivity index (χ4n) is 1.81. The van der Waals surface area contributed by atoms with Crippen LogP contribution >= 0.6 is 0 Å². The van der Waals surface area contributed by atoms with Crippen LogP contribution in [0.25, 0.3) is 0 Å². The molecule has 0 aliphatic heterocycles. The number of nitrogens with zero attached hydrogens (tertiary/aromatic N) is 2. The Morgan fingerprint density at radius 1 is 1.33 bits per heavy atom. The van der Waals surface area contributed by atoms with Gasteiger partial charge in [-0.25, -0.2) is 13.8 Å². The highest BCUT2D eigenvalue weighted by atomic mass is 19.2. The Hall–Kier alpha value is -1.75. The monoisotopic (exact) mass is 251 g/mol. The molecule has 18 heavy (non-hydrogen) atoms. The minimum absolute atomic E-state index is 0.0399. The van der Waals surface area contributed by atoms with E-state index in [9.17, 15) is 8.78 Å². The highest BCUT2D eigenvalue weighted by molar-refractivity contribution is 5.17. The van der Waals surface area contributed by atoms with E-state index in [0.29, 0.717) is 12.1 Å². The van der Waals surface area contributed by atoms with Crippen molar-refractivity contribution in [2.75, 3.05) is 0 Å². The molecule has 0 radical (unpaired) electrons. The smallest absolute Gasteiger partial charge is 0.159 e. The number of benzene rings is 1. The Balaban J connectivity index is 1.99. The van der Waals surface area contributed by atoms with E-state index in [2.05, 4.69) is 10.3 Å². The topological polar surface area (TPSA) is 29.9 Å². The van der Waals surface area contributed by atoms with Crippen LogP contribution in [0.1, 0.15) is 24.4 Å². The van der Waals surface area contributed by atoms with E-state index < -0.39 is 11.6 Å². The van der Waals surface area contributed by atoms with Crippen molar-refractivity contribution in [3.05, 3.63) is 53.6 Å². The predicted octanol–water partition coefficient (Wildman–Crippen LogP) is 2.55. The van der Waals surface area contributed by atoms with Gasteiger partial charge in [-0.3, -0.25) is 0 Å². The molecule has 3 nitrogen and oxygen atoms in total. The maximum absolute atomic E-state index is 13.0. The van der Waals surface area contributed by atoms with E-state index in [1.54, 1.807) is 12.3 Å². The van der Waals surface area contributed by atoms with Crippen molar-refractivity contribution < 1.29 is 8.78 Å². The van der Waals surface area contributed by atoms with Gasteiger partial charge in [0.15, 0.2) is 11.6 Å². The molecule has 0 aliphatic carbocycles. The van der Waals surface area contributed by atoms with E-state index >= 15 is 0 Å². The van der Waals surface area contributed by atoms with Gasteiger partial charge in [-0.15, -0.1) is 0 Å². The standard InChI is InChI=1S/C13H15F2N3/c1-9(13-16-5-6-18(13)2)17-8-10-3-4-11(14)12(15)7-10/h3-7,9,17H,8H2,1-2H3. The second-order valence-corrected chi connectivity index (χ2v) is 4.25. The highest BCUT2D eigenvalue weighted by Gasteiger charge is 2.10. The molecular weight excluding hydrogens is 236 g/mol. The minimum atomic E-state index is -0.823. The Morgan fingerprint density at radius 2 is 2.11 bits per heavy atom. The van der Waals surface area contributed by atoms with Crippen LogP contribution in [0, 0.1) is 11.6 Å². The van der Waals surface area contributed by atoms with Crippen LogP contribution in [0.4, 0.5) is 8.78 Å². The summed E-state index contributed by atoms with van der Waals surface area (Å²) < 4.78 is 27.7. The predicted molar refractivity (Wildman–Crippen MR) is 64.8 cm³/mol. The van der Waals surface area contributed by atoms with Gasteiger partial charge in [0.05, 0.1) is 6.04 Å². The first-order valence-corrected chi connectivity index (χ1v) is 5.72. The van der Waals surface area contributed by atoms with E-state index in [0.717, 1.165) is 11.9 Å². The molecule has 0 saturated heterocycles. The first kappa shape index (κ1) is 12.7. The molecule has 1 unspecified atom stereocenters. The van der Waals surface area contributed by atoms with Crippen molar-refractivity contribution in [3.63, 3.8) is 0 Å². The molecular formula is C13H15F2N3. The first-order chi connectivity index (χ1) is 8.58. The summed E-state index contributed by atoms with van der Waals surface area (Å²) >= 11 is 0.